The van der Waals surface area contributed by atoms with Gasteiger partial charge in [0.15, 0.2) is 0 Å². The van der Waals surface area contributed by atoms with E-state index in [4.69, 9.17) is 0 Å². The van der Waals surface area contributed by atoms with Crippen molar-refractivity contribution in [1.82, 2.24) is 5.32 Å². The minimum Gasteiger partial charge on any atom is -0.355 e. The van der Waals surface area contributed by atoms with Crippen LogP contribution in [0.3, 0.4) is 0 Å². The van der Waals surface area contributed by atoms with E-state index >= 15 is 0 Å². The minimum atomic E-state index is -3.55. The van der Waals surface area contributed by atoms with Gasteiger partial charge in [0.25, 0.3) is 0 Å². The lowest BCUT2D eigenvalue weighted by Gasteiger charge is -2.13. The Kier molecular flexibility index (Phi) is 6.52. The number of amides is 1. The summed E-state index contributed by atoms with van der Waals surface area (Å²) in [4.78, 5) is 12.1. The van der Waals surface area contributed by atoms with Crippen molar-refractivity contribution < 1.29 is 17.6 Å². The fourth-order valence-electron chi connectivity index (χ4n) is 2.31. The van der Waals surface area contributed by atoms with Crippen molar-refractivity contribution in [2.24, 2.45) is 5.92 Å². The molecule has 134 valence electrons. The van der Waals surface area contributed by atoms with Gasteiger partial charge in [0, 0.05) is 18.2 Å². The van der Waals surface area contributed by atoms with Crippen molar-refractivity contribution in [1.29, 1.82) is 0 Å². The summed E-state index contributed by atoms with van der Waals surface area (Å²) in [6, 6.07) is 14.8. The predicted molar refractivity (Wildman–Crippen MR) is 96.1 cm³/mol. The monoisotopic (exact) mass is 364 g/mol. The molecule has 0 aliphatic heterocycles. The van der Waals surface area contributed by atoms with Crippen LogP contribution < -0.4 is 10.0 Å². The van der Waals surface area contributed by atoms with E-state index < -0.39 is 15.9 Å². The van der Waals surface area contributed by atoms with E-state index in [1.165, 1.54) is 6.07 Å². The lowest BCUT2D eigenvalue weighted by atomic mass is 10.00. The van der Waals surface area contributed by atoms with Crippen LogP contribution in [0.1, 0.15) is 12.5 Å². The van der Waals surface area contributed by atoms with E-state index in [9.17, 15) is 17.6 Å². The zero-order valence-corrected chi connectivity index (χ0v) is 14.7. The summed E-state index contributed by atoms with van der Waals surface area (Å²) in [7, 11) is -3.55. The molecule has 0 saturated heterocycles. The van der Waals surface area contributed by atoms with Gasteiger partial charge in [0.05, 0.1) is 5.75 Å². The Balaban J connectivity index is 1.80. The molecule has 0 aliphatic carbocycles. The first kappa shape index (κ1) is 18.9. The number of hydrogen-bond acceptors (Lipinski definition) is 3. The number of carbonyl (C=O) groups excluding carboxylic acids is 1. The highest BCUT2D eigenvalue weighted by atomic mass is 32.2. The maximum atomic E-state index is 13.6. The molecule has 2 N–H and O–H groups in total. The topological polar surface area (TPSA) is 75.3 Å². The van der Waals surface area contributed by atoms with Crippen LogP contribution in [0.25, 0.3) is 0 Å². The number of anilines is 1. The van der Waals surface area contributed by atoms with Crippen molar-refractivity contribution in [3.05, 3.63) is 66.0 Å². The molecule has 1 amide bonds. The van der Waals surface area contributed by atoms with Gasteiger partial charge >= 0.3 is 0 Å². The van der Waals surface area contributed by atoms with E-state index in [1.54, 1.807) is 55.5 Å². The maximum absolute atomic E-state index is 13.6. The molecule has 25 heavy (non-hydrogen) atoms. The summed E-state index contributed by atoms with van der Waals surface area (Å²) in [5.41, 5.74) is 0.935. The van der Waals surface area contributed by atoms with Crippen molar-refractivity contribution in [3.63, 3.8) is 0 Å². The summed E-state index contributed by atoms with van der Waals surface area (Å²) in [6.07, 6.45) is 0.257. The van der Waals surface area contributed by atoms with Gasteiger partial charge < -0.3 is 5.32 Å². The number of rotatable bonds is 8. The van der Waals surface area contributed by atoms with Crippen LogP contribution in [0.15, 0.2) is 54.6 Å². The molecule has 0 bridgehead atoms. The Morgan fingerprint density at radius 1 is 1.08 bits per heavy atom. The molecule has 0 spiro atoms. The molecule has 1 atom stereocenters. The first-order valence-electron chi connectivity index (χ1n) is 7.94. The summed E-state index contributed by atoms with van der Waals surface area (Å²) in [5.74, 6) is -1.35. The van der Waals surface area contributed by atoms with E-state index in [-0.39, 0.29) is 30.4 Å². The fourth-order valence-corrected chi connectivity index (χ4v) is 3.27. The lowest BCUT2D eigenvalue weighted by Crippen LogP contribution is -2.35. The number of hydrogen-bond donors (Lipinski definition) is 2. The summed E-state index contributed by atoms with van der Waals surface area (Å²) in [5, 5.41) is 2.58. The van der Waals surface area contributed by atoms with Gasteiger partial charge in [-0.05, 0) is 30.2 Å². The summed E-state index contributed by atoms with van der Waals surface area (Å²) in [6.45, 7) is 1.67. The van der Waals surface area contributed by atoms with Gasteiger partial charge in [0.2, 0.25) is 15.9 Å². The summed E-state index contributed by atoms with van der Waals surface area (Å²) >= 11 is 0. The zero-order chi connectivity index (χ0) is 18.3. The van der Waals surface area contributed by atoms with Gasteiger partial charge in [0.1, 0.15) is 5.82 Å². The van der Waals surface area contributed by atoms with Gasteiger partial charge in [-0.15, -0.1) is 0 Å². The average Bonchev–Trinajstić information content (AvgIpc) is 2.57. The molecule has 2 aromatic carbocycles. The third-order valence-electron chi connectivity index (χ3n) is 3.65. The fraction of sp³-hybridized carbons (Fsp3) is 0.278. The van der Waals surface area contributed by atoms with E-state index in [0.717, 1.165) is 0 Å². The highest BCUT2D eigenvalue weighted by Crippen LogP contribution is 2.12. The van der Waals surface area contributed by atoms with Crippen molar-refractivity contribution in [2.45, 2.75) is 13.3 Å². The molecule has 0 fully saturated rings. The maximum Gasteiger partial charge on any atom is 0.234 e. The van der Waals surface area contributed by atoms with E-state index in [1.807, 2.05) is 0 Å². The van der Waals surface area contributed by atoms with Crippen molar-refractivity contribution in [3.8, 4) is 0 Å². The largest absolute Gasteiger partial charge is 0.355 e. The molecule has 2 rings (SSSR count). The molecule has 2 aromatic rings. The van der Waals surface area contributed by atoms with Crippen LogP contribution in [0, 0.1) is 11.7 Å². The van der Waals surface area contributed by atoms with Crippen molar-refractivity contribution >= 4 is 21.6 Å². The van der Waals surface area contributed by atoms with Crippen LogP contribution in [-0.2, 0) is 21.2 Å². The molecular formula is C18H21FN2O3S. The van der Waals surface area contributed by atoms with Gasteiger partial charge in [-0.3, -0.25) is 9.52 Å². The molecule has 0 aliphatic rings. The van der Waals surface area contributed by atoms with Gasteiger partial charge in [-0.1, -0.05) is 43.3 Å². The van der Waals surface area contributed by atoms with Crippen molar-refractivity contribution in [2.75, 3.05) is 17.0 Å². The number of nitrogens with one attached hydrogen (secondary N) is 2. The van der Waals surface area contributed by atoms with Gasteiger partial charge in [-0.25, -0.2) is 12.8 Å². The van der Waals surface area contributed by atoms with E-state index in [2.05, 4.69) is 10.0 Å². The Hall–Kier alpha value is -2.41. The number of benzene rings is 2. The Morgan fingerprint density at radius 2 is 1.72 bits per heavy atom. The third-order valence-corrected chi connectivity index (χ3v) is 4.94. The molecular weight excluding hydrogens is 343 g/mol. The van der Waals surface area contributed by atoms with Crippen LogP contribution >= 0.6 is 0 Å². The minimum absolute atomic E-state index is 0.0113. The van der Waals surface area contributed by atoms with Crippen LogP contribution in [0.2, 0.25) is 0 Å². The highest BCUT2D eigenvalue weighted by molar-refractivity contribution is 7.92. The molecule has 0 heterocycles. The number of para-hydroxylation sites is 1. The number of carbonyl (C=O) groups is 1. The quantitative estimate of drug-likeness (QED) is 0.756. The third kappa shape index (κ3) is 6.19. The Labute approximate surface area is 147 Å². The second-order valence-electron chi connectivity index (χ2n) is 5.77. The molecule has 1 unspecified atom stereocenters. The van der Waals surface area contributed by atoms with E-state index in [0.29, 0.717) is 11.3 Å². The number of halogens is 1. The lowest BCUT2D eigenvalue weighted by molar-refractivity contribution is -0.124. The molecule has 5 nitrogen and oxygen atoms in total. The standard InChI is InChI=1S/C18H21FN2O3S/c1-14(13-15-7-5-6-10-17(15)19)18(22)20-11-12-25(23,24)21-16-8-3-2-4-9-16/h2-10,14,21H,11-13H2,1H3,(H,20,22). The predicted octanol–water partition coefficient (Wildman–Crippen LogP) is 2.56. The van der Waals surface area contributed by atoms with Crippen LogP contribution in [-0.4, -0.2) is 26.6 Å². The highest BCUT2D eigenvalue weighted by Gasteiger charge is 2.16. The normalized spacial score (nSPS) is 12.4. The number of sulfonamides is 1. The molecule has 0 radical (unpaired) electrons. The first-order valence-corrected chi connectivity index (χ1v) is 9.59. The SMILES string of the molecule is CC(Cc1ccccc1F)C(=O)NCCS(=O)(=O)Nc1ccccc1. The molecule has 0 saturated carbocycles. The smallest absolute Gasteiger partial charge is 0.234 e. The Bertz CT molecular complexity index is 810. The van der Waals surface area contributed by atoms with Crippen LogP contribution in [0.5, 0.6) is 0 Å². The molecule has 7 heteroatoms. The Morgan fingerprint density at radius 3 is 2.40 bits per heavy atom. The first-order chi connectivity index (χ1) is 11.9. The second-order valence-corrected chi connectivity index (χ2v) is 7.62. The van der Waals surface area contributed by atoms with Gasteiger partial charge in [-0.2, -0.15) is 0 Å². The average molecular weight is 364 g/mol. The van der Waals surface area contributed by atoms with Crippen LogP contribution in [0.4, 0.5) is 10.1 Å². The molecule has 0 aromatic heterocycles. The zero-order valence-electron chi connectivity index (χ0n) is 13.9. The summed E-state index contributed by atoms with van der Waals surface area (Å²) < 4.78 is 40.0. The second kappa shape index (κ2) is 8.62.